The van der Waals surface area contributed by atoms with Crippen molar-refractivity contribution in [3.8, 4) is 5.75 Å². The minimum absolute atomic E-state index is 0.0507. The van der Waals surface area contributed by atoms with Crippen LogP contribution >= 0.6 is 0 Å². The number of nitrogens with zero attached hydrogens (tertiary/aromatic N) is 1. The minimum Gasteiger partial charge on any atom is -0.497 e. The molecule has 2 aromatic carbocycles. The van der Waals surface area contributed by atoms with E-state index in [1.807, 2.05) is 24.3 Å². The molecule has 0 radical (unpaired) electrons. The van der Waals surface area contributed by atoms with Crippen molar-refractivity contribution in [2.24, 2.45) is 0 Å². The maximum absolute atomic E-state index is 13.4. The summed E-state index contributed by atoms with van der Waals surface area (Å²) < 4.78 is 15.9. The largest absolute Gasteiger partial charge is 0.497 e. The van der Waals surface area contributed by atoms with Gasteiger partial charge >= 0.3 is 17.8 Å². The Kier molecular flexibility index (Phi) is 8.80. The van der Waals surface area contributed by atoms with Gasteiger partial charge in [-0.05, 0) is 61.4 Å². The molecule has 0 aliphatic carbocycles. The number of carbonyl (C=O) groups is 4. The SMILES string of the molecule is COC(=O)C1=C(C)N(CCc2ccc(OC)cc2)C(=O)/C1=C/c1ccc(CNC(=O)C(=O)Nc2ccccc2)o1. The van der Waals surface area contributed by atoms with Crippen LogP contribution in [0.5, 0.6) is 5.75 Å². The molecule has 0 unspecified atom stereocenters. The molecule has 0 fully saturated rings. The first-order chi connectivity index (χ1) is 19.3. The summed E-state index contributed by atoms with van der Waals surface area (Å²) in [6.07, 6.45) is 2.04. The smallest absolute Gasteiger partial charge is 0.340 e. The van der Waals surface area contributed by atoms with Crippen molar-refractivity contribution in [1.82, 2.24) is 10.2 Å². The number of anilines is 1. The van der Waals surface area contributed by atoms with Gasteiger partial charge < -0.3 is 29.4 Å². The average Bonchev–Trinajstić information content (AvgIpc) is 3.52. The van der Waals surface area contributed by atoms with Crippen LogP contribution in [0.3, 0.4) is 0 Å². The standard InChI is InChI=1S/C30H29N3O7/c1-19-26(30(37)39-3)25(29(36)33(19)16-15-20-9-11-22(38-2)12-10-20)17-23-13-14-24(40-23)18-31-27(34)28(35)32-21-7-5-4-6-8-21/h4-14,17H,15-16,18H2,1-3H3,(H,31,34)(H,32,35)/b25-17+. The Labute approximate surface area is 231 Å². The molecule has 0 bridgehead atoms. The van der Waals surface area contributed by atoms with Crippen molar-refractivity contribution >= 4 is 35.5 Å². The number of rotatable bonds is 9. The third-order valence-electron chi connectivity index (χ3n) is 6.31. The van der Waals surface area contributed by atoms with E-state index in [9.17, 15) is 19.2 Å². The number of carbonyl (C=O) groups excluding carboxylic acids is 4. The molecule has 2 heterocycles. The van der Waals surface area contributed by atoms with Crippen molar-refractivity contribution in [2.75, 3.05) is 26.1 Å². The lowest BCUT2D eigenvalue weighted by molar-refractivity contribution is -0.136. The van der Waals surface area contributed by atoms with Crippen LogP contribution in [0.2, 0.25) is 0 Å². The maximum atomic E-state index is 13.4. The van der Waals surface area contributed by atoms with E-state index < -0.39 is 17.8 Å². The number of furan rings is 1. The summed E-state index contributed by atoms with van der Waals surface area (Å²) in [7, 11) is 2.85. The van der Waals surface area contributed by atoms with E-state index >= 15 is 0 Å². The molecule has 206 valence electrons. The summed E-state index contributed by atoms with van der Waals surface area (Å²) in [4.78, 5) is 51.8. The second kappa shape index (κ2) is 12.6. The van der Waals surface area contributed by atoms with Crippen molar-refractivity contribution < 1.29 is 33.1 Å². The number of ether oxygens (including phenoxy) is 2. The van der Waals surface area contributed by atoms with Crippen LogP contribution in [0.1, 0.15) is 24.0 Å². The molecule has 0 saturated heterocycles. The Morgan fingerprint density at radius 3 is 2.35 bits per heavy atom. The van der Waals surface area contributed by atoms with Gasteiger partial charge in [0.05, 0.1) is 31.9 Å². The number of esters is 1. The number of para-hydroxylation sites is 1. The van der Waals surface area contributed by atoms with Gasteiger partial charge in [-0.15, -0.1) is 0 Å². The zero-order valence-electron chi connectivity index (χ0n) is 22.4. The van der Waals surface area contributed by atoms with Gasteiger partial charge in [0.1, 0.15) is 17.3 Å². The first-order valence-electron chi connectivity index (χ1n) is 12.5. The molecule has 3 aromatic rings. The van der Waals surface area contributed by atoms with E-state index in [1.54, 1.807) is 56.5 Å². The minimum atomic E-state index is -0.829. The Hall–Kier alpha value is -5.12. The molecule has 3 amide bonds. The highest BCUT2D eigenvalue weighted by Gasteiger charge is 2.37. The molecule has 0 spiro atoms. The van der Waals surface area contributed by atoms with Gasteiger partial charge in [0.25, 0.3) is 5.91 Å². The van der Waals surface area contributed by atoms with Gasteiger partial charge in [0.2, 0.25) is 0 Å². The monoisotopic (exact) mass is 543 g/mol. The van der Waals surface area contributed by atoms with Crippen LogP contribution in [-0.4, -0.2) is 49.4 Å². The molecular formula is C30H29N3O7. The fraction of sp³-hybridized carbons (Fsp3) is 0.200. The normalized spacial score (nSPS) is 13.9. The lowest BCUT2D eigenvalue weighted by atomic mass is 10.1. The number of amides is 3. The third kappa shape index (κ3) is 6.47. The van der Waals surface area contributed by atoms with Crippen LogP contribution in [0.25, 0.3) is 6.08 Å². The lowest BCUT2D eigenvalue weighted by Crippen LogP contribution is -2.34. The van der Waals surface area contributed by atoms with E-state index in [2.05, 4.69) is 10.6 Å². The molecule has 1 aliphatic heterocycles. The van der Waals surface area contributed by atoms with Gasteiger partial charge in [0, 0.05) is 17.9 Å². The number of benzene rings is 2. The summed E-state index contributed by atoms with van der Waals surface area (Å²) >= 11 is 0. The third-order valence-corrected chi connectivity index (χ3v) is 6.31. The average molecular weight is 544 g/mol. The number of nitrogens with one attached hydrogen (secondary N) is 2. The molecule has 4 rings (SSSR count). The van der Waals surface area contributed by atoms with Crippen molar-refractivity contribution in [2.45, 2.75) is 19.9 Å². The Morgan fingerprint density at radius 1 is 0.950 bits per heavy atom. The van der Waals surface area contributed by atoms with E-state index in [0.29, 0.717) is 35.9 Å². The molecule has 0 saturated carbocycles. The zero-order chi connectivity index (χ0) is 28.6. The summed E-state index contributed by atoms with van der Waals surface area (Å²) in [6, 6.07) is 19.4. The van der Waals surface area contributed by atoms with E-state index in [-0.39, 0.29) is 23.6 Å². The number of methoxy groups -OCH3 is 2. The fourth-order valence-corrected chi connectivity index (χ4v) is 4.20. The van der Waals surface area contributed by atoms with E-state index in [1.165, 1.54) is 18.1 Å². The van der Waals surface area contributed by atoms with Crippen LogP contribution in [-0.2, 0) is 36.9 Å². The van der Waals surface area contributed by atoms with Crippen molar-refractivity contribution in [3.05, 3.63) is 101 Å². The van der Waals surface area contributed by atoms with E-state index in [4.69, 9.17) is 13.9 Å². The topological polar surface area (TPSA) is 127 Å². The fourth-order valence-electron chi connectivity index (χ4n) is 4.20. The molecule has 1 aliphatic rings. The van der Waals surface area contributed by atoms with Gasteiger partial charge in [-0.3, -0.25) is 14.4 Å². The van der Waals surface area contributed by atoms with Crippen LogP contribution in [0.4, 0.5) is 5.69 Å². The summed E-state index contributed by atoms with van der Waals surface area (Å²) in [5.41, 5.74) is 2.30. The molecule has 0 atom stereocenters. The highest BCUT2D eigenvalue weighted by atomic mass is 16.5. The quantitative estimate of drug-likeness (QED) is 0.240. The zero-order valence-corrected chi connectivity index (χ0v) is 22.4. The molecule has 1 aromatic heterocycles. The predicted molar refractivity (Wildman–Crippen MR) is 147 cm³/mol. The predicted octanol–water partition coefficient (Wildman–Crippen LogP) is 3.46. The molecular weight excluding hydrogens is 514 g/mol. The Morgan fingerprint density at radius 2 is 1.68 bits per heavy atom. The van der Waals surface area contributed by atoms with Gasteiger partial charge in [0.15, 0.2) is 0 Å². The van der Waals surface area contributed by atoms with Gasteiger partial charge in [-0.1, -0.05) is 30.3 Å². The number of allylic oxidation sites excluding steroid dienone is 1. The Bertz CT molecular complexity index is 1470. The first kappa shape index (κ1) is 27.9. The van der Waals surface area contributed by atoms with Gasteiger partial charge in [-0.2, -0.15) is 0 Å². The van der Waals surface area contributed by atoms with Crippen LogP contribution < -0.4 is 15.4 Å². The summed E-state index contributed by atoms with van der Waals surface area (Å²) in [5, 5.41) is 5.00. The van der Waals surface area contributed by atoms with Crippen LogP contribution in [0, 0.1) is 0 Å². The van der Waals surface area contributed by atoms with Crippen LogP contribution in [0.15, 0.2) is 88.0 Å². The molecule has 2 N–H and O–H groups in total. The van der Waals surface area contributed by atoms with Gasteiger partial charge in [-0.25, -0.2) is 4.79 Å². The molecule has 10 nitrogen and oxygen atoms in total. The number of hydrogen-bond acceptors (Lipinski definition) is 7. The van der Waals surface area contributed by atoms with Crippen molar-refractivity contribution in [1.29, 1.82) is 0 Å². The number of hydrogen-bond donors (Lipinski definition) is 2. The second-order valence-corrected chi connectivity index (χ2v) is 8.87. The summed E-state index contributed by atoms with van der Waals surface area (Å²) in [6.45, 7) is 2.00. The van der Waals surface area contributed by atoms with E-state index in [0.717, 1.165) is 11.3 Å². The molecule has 40 heavy (non-hydrogen) atoms. The maximum Gasteiger partial charge on any atom is 0.340 e. The molecule has 10 heteroatoms. The first-order valence-corrected chi connectivity index (χ1v) is 12.5. The van der Waals surface area contributed by atoms with Crippen molar-refractivity contribution in [3.63, 3.8) is 0 Å². The lowest BCUT2D eigenvalue weighted by Gasteiger charge is -2.17. The highest BCUT2D eigenvalue weighted by Crippen LogP contribution is 2.32. The highest BCUT2D eigenvalue weighted by molar-refractivity contribution is 6.39. The summed E-state index contributed by atoms with van der Waals surface area (Å²) in [5.74, 6) is -1.23. The Balaban J connectivity index is 1.43. The second-order valence-electron chi connectivity index (χ2n) is 8.87.